The van der Waals surface area contributed by atoms with Crippen molar-refractivity contribution in [3.8, 4) is 34.4 Å². The lowest BCUT2D eigenvalue weighted by atomic mass is 10.1. The average Bonchev–Trinajstić information content (AvgIpc) is 3.21. The number of rotatable bonds is 9. The summed E-state index contributed by atoms with van der Waals surface area (Å²) >= 11 is 0. The average molecular weight is 424 g/mol. The largest absolute Gasteiger partial charge is 0.493 e. The topological polar surface area (TPSA) is 75.8 Å². The maximum absolute atomic E-state index is 14.1. The van der Waals surface area contributed by atoms with Crippen molar-refractivity contribution in [3.63, 3.8) is 0 Å². The molecule has 3 aromatic rings. The lowest BCUT2D eigenvalue weighted by Gasteiger charge is -2.13. The van der Waals surface area contributed by atoms with Crippen molar-refractivity contribution in [1.82, 2.24) is 10.1 Å². The standard InChI is InChI=1S/C20H19F3N2O5/c1-26-15-8-11(9-16(27-2)18(15)28-3)4-7-17-24-19(25-30-17)13-10-12(29-20(22)23)5-6-14(13)21/h5-6,8-10,20H,4,7H2,1-3H3. The summed E-state index contributed by atoms with van der Waals surface area (Å²) in [6.07, 6.45) is 0.843. The fraction of sp³-hybridized carbons (Fsp3) is 0.300. The fourth-order valence-corrected chi connectivity index (χ4v) is 2.85. The van der Waals surface area contributed by atoms with E-state index in [2.05, 4.69) is 14.9 Å². The summed E-state index contributed by atoms with van der Waals surface area (Å²) in [5, 5.41) is 3.74. The third-order valence-electron chi connectivity index (χ3n) is 4.22. The van der Waals surface area contributed by atoms with E-state index in [0.29, 0.717) is 30.1 Å². The van der Waals surface area contributed by atoms with E-state index in [1.54, 1.807) is 12.1 Å². The highest BCUT2D eigenvalue weighted by Crippen LogP contribution is 2.38. The fourth-order valence-electron chi connectivity index (χ4n) is 2.85. The van der Waals surface area contributed by atoms with Crippen LogP contribution in [0.15, 0.2) is 34.9 Å². The Kier molecular flexibility index (Phi) is 6.65. The molecule has 10 heteroatoms. The van der Waals surface area contributed by atoms with Gasteiger partial charge in [0.2, 0.25) is 17.5 Å². The maximum Gasteiger partial charge on any atom is 0.387 e. The van der Waals surface area contributed by atoms with Gasteiger partial charge in [0.15, 0.2) is 11.5 Å². The van der Waals surface area contributed by atoms with Crippen LogP contribution in [0.1, 0.15) is 11.5 Å². The van der Waals surface area contributed by atoms with Crippen LogP contribution in [0.5, 0.6) is 23.0 Å². The smallest absolute Gasteiger partial charge is 0.387 e. The van der Waals surface area contributed by atoms with Crippen LogP contribution in [-0.2, 0) is 12.8 Å². The third-order valence-corrected chi connectivity index (χ3v) is 4.22. The van der Waals surface area contributed by atoms with Crippen LogP contribution in [0.2, 0.25) is 0 Å². The van der Waals surface area contributed by atoms with E-state index in [9.17, 15) is 13.2 Å². The summed E-state index contributed by atoms with van der Waals surface area (Å²) in [5.74, 6) is 0.793. The van der Waals surface area contributed by atoms with E-state index in [1.807, 2.05) is 0 Å². The molecule has 3 rings (SSSR count). The number of methoxy groups -OCH3 is 3. The van der Waals surface area contributed by atoms with Gasteiger partial charge >= 0.3 is 6.61 Å². The highest BCUT2D eigenvalue weighted by atomic mass is 19.3. The van der Waals surface area contributed by atoms with Crippen molar-refractivity contribution in [1.29, 1.82) is 0 Å². The van der Waals surface area contributed by atoms with Crippen LogP contribution in [0.4, 0.5) is 13.2 Å². The van der Waals surface area contributed by atoms with Gasteiger partial charge in [-0.1, -0.05) is 5.16 Å². The van der Waals surface area contributed by atoms with Crippen molar-refractivity contribution >= 4 is 0 Å². The monoisotopic (exact) mass is 424 g/mol. The summed E-state index contributed by atoms with van der Waals surface area (Å²) in [7, 11) is 4.55. The van der Waals surface area contributed by atoms with Crippen LogP contribution in [0, 0.1) is 5.82 Å². The number of aromatic nitrogens is 2. The molecule has 30 heavy (non-hydrogen) atoms. The Labute approximate surface area is 170 Å². The summed E-state index contributed by atoms with van der Waals surface area (Å²) in [5.41, 5.74) is 0.763. The molecule has 0 aliphatic carbocycles. The predicted molar refractivity (Wildman–Crippen MR) is 99.8 cm³/mol. The molecule has 0 aliphatic heterocycles. The van der Waals surface area contributed by atoms with Crippen molar-refractivity contribution < 1.29 is 36.6 Å². The maximum atomic E-state index is 14.1. The second kappa shape index (κ2) is 9.38. The number of ether oxygens (including phenoxy) is 4. The highest BCUT2D eigenvalue weighted by Gasteiger charge is 2.17. The molecular formula is C20H19F3N2O5. The number of hydrogen-bond acceptors (Lipinski definition) is 7. The second-order valence-corrected chi connectivity index (χ2v) is 6.07. The van der Waals surface area contributed by atoms with E-state index in [-0.39, 0.29) is 23.0 Å². The number of alkyl halides is 2. The zero-order valence-corrected chi connectivity index (χ0v) is 16.4. The molecule has 0 saturated carbocycles. The number of aryl methyl sites for hydroxylation is 2. The summed E-state index contributed by atoms with van der Waals surface area (Å²) in [6.45, 7) is -3.03. The van der Waals surface area contributed by atoms with Gasteiger partial charge in [-0.3, -0.25) is 0 Å². The molecule has 0 fully saturated rings. The summed E-state index contributed by atoms with van der Waals surface area (Å²) in [4.78, 5) is 4.15. The third kappa shape index (κ3) is 4.76. The van der Waals surface area contributed by atoms with E-state index in [4.69, 9.17) is 18.7 Å². The van der Waals surface area contributed by atoms with Gasteiger partial charge in [0, 0.05) is 6.42 Å². The van der Waals surface area contributed by atoms with Gasteiger partial charge in [0.1, 0.15) is 11.6 Å². The lowest BCUT2D eigenvalue weighted by Crippen LogP contribution is -2.02. The number of nitrogens with zero attached hydrogens (tertiary/aromatic N) is 2. The SMILES string of the molecule is COc1cc(CCc2nc(-c3cc(OC(F)F)ccc3F)no2)cc(OC)c1OC. The van der Waals surface area contributed by atoms with E-state index in [0.717, 1.165) is 23.8 Å². The van der Waals surface area contributed by atoms with Crippen LogP contribution in [-0.4, -0.2) is 38.1 Å². The molecule has 1 heterocycles. The van der Waals surface area contributed by atoms with E-state index < -0.39 is 12.4 Å². The molecule has 160 valence electrons. The van der Waals surface area contributed by atoms with Crippen molar-refractivity contribution in [2.24, 2.45) is 0 Å². The zero-order chi connectivity index (χ0) is 21.7. The van der Waals surface area contributed by atoms with Crippen molar-refractivity contribution in [3.05, 3.63) is 47.6 Å². The molecule has 1 aromatic heterocycles. The van der Waals surface area contributed by atoms with Gasteiger partial charge in [-0.05, 0) is 42.3 Å². The molecular weight excluding hydrogens is 405 g/mol. The van der Waals surface area contributed by atoms with Crippen LogP contribution >= 0.6 is 0 Å². The lowest BCUT2D eigenvalue weighted by molar-refractivity contribution is -0.0498. The first-order valence-electron chi connectivity index (χ1n) is 8.81. The van der Waals surface area contributed by atoms with Gasteiger partial charge in [0.25, 0.3) is 0 Å². The minimum atomic E-state index is -3.03. The molecule has 0 unspecified atom stereocenters. The summed E-state index contributed by atoms with van der Waals surface area (Å²) < 4.78 is 64.2. The van der Waals surface area contributed by atoms with Gasteiger partial charge in [-0.2, -0.15) is 13.8 Å². The molecule has 0 N–H and O–H groups in total. The van der Waals surface area contributed by atoms with Crippen molar-refractivity contribution in [2.45, 2.75) is 19.5 Å². The molecule has 0 radical (unpaired) electrons. The molecule has 0 spiro atoms. The Morgan fingerprint density at radius 2 is 1.67 bits per heavy atom. The minimum Gasteiger partial charge on any atom is -0.493 e. The predicted octanol–water partition coefficient (Wildman–Crippen LogP) is 4.29. The first-order chi connectivity index (χ1) is 14.4. The first kappa shape index (κ1) is 21.3. The molecule has 0 aliphatic rings. The van der Waals surface area contributed by atoms with Gasteiger partial charge in [-0.25, -0.2) is 4.39 Å². The number of halogens is 3. The Bertz CT molecular complexity index is 985. The summed E-state index contributed by atoms with van der Waals surface area (Å²) in [6, 6.07) is 6.78. The first-order valence-corrected chi connectivity index (χ1v) is 8.81. The Balaban J connectivity index is 1.77. The van der Waals surface area contributed by atoms with Gasteiger partial charge < -0.3 is 23.5 Å². The molecule has 0 saturated heterocycles. The molecule has 0 atom stereocenters. The number of benzene rings is 2. The van der Waals surface area contributed by atoms with Crippen LogP contribution < -0.4 is 18.9 Å². The van der Waals surface area contributed by atoms with Gasteiger partial charge in [-0.15, -0.1) is 0 Å². The molecule has 0 bridgehead atoms. The highest BCUT2D eigenvalue weighted by molar-refractivity contribution is 5.58. The second-order valence-electron chi connectivity index (χ2n) is 6.07. The van der Waals surface area contributed by atoms with Crippen molar-refractivity contribution in [2.75, 3.05) is 21.3 Å². The normalized spacial score (nSPS) is 10.9. The minimum absolute atomic E-state index is 0.0629. The van der Waals surface area contributed by atoms with Crippen LogP contribution in [0.25, 0.3) is 11.4 Å². The van der Waals surface area contributed by atoms with Crippen LogP contribution in [0.3, 0.4) is 0 Å². The zero-order valence-electron chi connectivity index (χ0n) is 16.4. The Hall–Kier alpha value is -3.43. The molecule has 7 nitrogen and oxygen atoms in total. The van der Waals surface area contributed by atoms with E-state index in [1.165, 1.54) is 21.3 Å². The number of hydrogen-bond donors (Lipinski definition) is 0. The Morgan fingerprint density at radius 3 is 2.27 bits per heavy atom. The van der Waals surface area contributed by atoms with E-state index >= 15 is 0 Å². The Morgan fingerprint density at radius 1 is 0.967 bits per heavy atom. The quantitative estimate of drug-likeness (QED) is 0.507. The molecule has 0 amide bonds. The molecule has 2 aromatic carbocycles. The van der Waals surface area contributed by atoms with Gasteiger partial charge in [0.05, 0.1) is 26.9 Å².